The quantitative estimate of drug-likeness (QED) is 0.690. The van der Waals surface area contributed by atoms with Crippen molar-refractivity contribution in [1.29, 1.82) is 0 Å². The van der Waals surface area contributed by atoms with Crippen LogP contribution in [0.3, 0.4) is 0 Å². The Labute approximate surface area is 104 Å². The summed E-state index contributed by atoms with van der Waals surface area (Å²) in [5, 5.41) is 3.36. The fourth-order valence-electron chi connectivity index (χ4n) is 2.48. The lowest BCUT2D eigenvalue weighted by molar-refractivity contribution is 0.195. The monoisotopic (exact) mass is 240 g/mol. The summed E-state index contributed by atoms with van der Waals surface area (Å²) in [5.74, 6) is 0. The summed E-state index contributed by atoms with van der Waals surface area (Å²) >= 11 is 0. The van der Waals surface area contributed by atoms with Gasteiger partial charge in [0.2, 0.25) is 0 Å². The molecule has 0 aromatic heterocycles. The van der Waals surface area contributed by atoms with Crippen molar-refractivity contribution in [3.63, 3.8) is 0 Å². The lowest BCUT2D eigenvalue weighted by Gasteiger charge is -2.27. The van der Waals surface area contributed by atoms with Crippen molar-refractivity contribution in [2.24, 2.45) is 0 Å². The molecule has 0 aliphatic carbocycles. The molecule has 0 aromatic rings. The van der Waals surface area contributed by atoms with Crippen molar-refractivity contribution < 1.29 is 4.79 Å². The number of nitrogens with one attached hydrogen (secondary N) is 1. The van der Waals surface area contributed by atoms with E-state index in [1.54, 1.807) is 4.90 Å². The molecule has 2 heterocycles. The fraction of sp³-hybridized carbons (Fsp3) is 0.917. The van der Waals surface area contributed by atoms with E-state index in [1.807, 2.05) is 11.9 Å². The standard InChI is InChI=1S/C12H24N4O/c1-14-10-11-16(12(14)17)7-3-2-6-15-8-4-13-5-9-15/h13H,2-11H2,1H3. The highest BCUT2D eigenvalue weighted by molar-refractivity contribution is 5.76. The first kappa shape index (κ1) is 12.6. The van der Waals surface area contributed by atoms with Crippen LogP contribution >= 0.6 is 0 Å². The van der Waals surface area contributed by atoms with Crippen LogP contribution in [0.25, 0.3) is 0 Å². The van der Waals surface area contributed by atoms with Gasteiger partial charge in [0.1, 0.15) is 0 Å². The predicted octanol–water partition coefficient (Wildman–Crippen LogP) is 0.0392. The molecule has 2 fully saturated rings. The lowest BCUT2D eigenvalue weighted by atomic mass is 10.2. The largest absolute Gasteiger partial charge is 0.326 e. The molecule has 0 bridgehead atoms. The molecule has 5 heteroatoms. The van der Waals surface area contributed by atoms with Crippen molar-refractivity contribution in [3.05, 3.63) is 0 Å². The Bertz CT molecular complexity index is 253. The highest BCUT2D eigenvalue weighted by atomic mass is 16.2. The molecule has 0 unspecified atom stereocenters. The van der Waals surface area contributed by atoms with Crippen LogP contribution in [0.4, 0.5) is 4.79 Å². The summed E-state index contributed by atoms with van der Waals surface area (Å²) < 4.78 is 0. The van der Waals surface area contributed by atoms with Gasteiger partial charge in [0, 0.05) is 52.9 Å². The Morgan fingerprint density at radius 2 is 1.76 bits per heavy atom. The van der Waals surface area contributed by atoms with Gasteiger partial charge >= 0.3 is 6.03 Å². The second kappa shape index (κ2) is 6.21. The number of hydrogen-bond acceptors (Lipinski definition) is 3. The zero-order chi connectivity index (χ0) is 12.1. The molecule has 0 saturated carbocycles. The molecule has 1 N–H and O–H groups in total. The third-order valence-electron chi connectivity index (χ3n) is 3.66. The van der Waals surface area contributed by atoms with Crippen LogP contribution in [0.15, 0.2) is 0 Å². The Hall–Kier alpha value is -0.810. The molecule has 17 heavy (non-hydrogen) atoms. The zero-order valence-corrected chi connectivity index (χ0v) is 10.8. The van der Waals surface area contributed by atoms with Crippen LogP contribution in [0.1, 0.15) is 12.8 Å². The minimum absolute atomic E-state index is 0.201. The van der Waals surface area contributed by atoms with Gasteiger partial charge in [0.25, 0.3) is 0 Å². The van der Waals surface area contributed by atoms with Crippen molar-refractivity contribution in [2.45, 2.75) is 12.8 Å². The molecule has 2 rings (SSSR count). The number of unbranched alkanes of at least 4 members (excludes halogenated alkanes) is 1. The van der Waals surface area contributed by atoms with Gasteiger partial charge in [0.05, 0.1) is 0 Å². The van der Waals surface area contributed by atoms with Crippen LogP contribution < -0.4 is 5.32 Å². The summed E-state index contributed by atoms with van der Waals surface area (Å²) in [7, 11) is 1.88. The molecular formula is C12H24N4O. The van der Waals surface area contributed by atoms with Crippen LogP contribution in [0.5, 0.6) is 0 Å². The Kier molecular flexibility index (Phi) is 4.62. The topological polar surface area (TPSA) is 38.8 Å². The van der Waals surface area contributed by atoms with E-state index in [0.29, 0.717) is 0 Å². The maximum Gasteiger partial charge on any atom is 0.319 e. The Morgan fingerprint density at radius 1 is 1.06 bits per heavy atom. The molecule has 5 nitrogen and oxygen atoms in total. The van der Waals surface area contributed by atoms with Crippen LogP contribution in [0, 0.1) is 0 Å². The van der Waals surface area contributed by atoms with Crippen molar-refractivity contribution in [2.75, 3.05) is 59.4 Å². The highest BCUT2D eigenvalue weighted by Crippen LogP contribution is 2.07. The van der Waals surface area contributed by atoms with Crippen LogP contribution in [0.2, 0.25) is 0 Å². The van der Waals surface area contributed by atoms with Crippen molar-refractivity contribution in [3.8, 4) is 0 Å². The molecule has 2 aliphatic heterocycles. The maximum atomic E-state index is 11.6. The van der Waals surface area contributed by atoms with E-state index >= 15 is 0 Å². The average Bonchev–Trinajstić information content (AvgIpc) is 2.67. The van der Waals surface area contributed by atoms with Crippen LogP contribution in [-0.2, 0) is 0 Å². The number of hydrogen-bond donors (Lipinski definition) is 1. The van der Waals surface area contributed by atoms with E-state index in [0.717, 1.165) is 39.1 Å². The van der Waals surface area contributed by atoms with E-state index < -0.39 is 0 Å². The van der Waals surface area contributed by atoms with E-state index in [1.165, 1.54) is 26.1 Å². The molecule has 98 valence electrons. The predicted molar refractivity (Wildman–Crippen MR) is 68.1 cm³/mol. The second-order valence-corrected chi connectivity index (χ2v) is 4.99. The molecular weight excluding hydrogens is 216 g/mol. The summed E-state index contributed by atoms with van der Waals surface area (Å²) in [6, 6.07) is 0.201. The fourth-order valence-corrected chi connectivity index (χ4v) is 2.48. The van der Waals surface area contributed by atoms with Gasteiger partial charge in [0.15, 0.2) is 0 Å². The third-order valence-corrected chi connectivity index (χ3v) is 3.66. The molecule has 0 atom stereocenters. The lowest BCUT2D eigenvalue weighted by Crippen LogP contribution is -2.43. The number of amides is 2. The van der Waals surface area contributed by atoms with E-state index in [9.17, 15) is 4.79 Å². The Balaban J connectivity index is 1.55. The normalized spacial score (nSPS) is 22.5. The number of carbonyl (C=O) groups excluding carboxylic acids is 1. The molecule has 0 aromatic carbocycles. The first-order valence-electron chi connectivity index (χ1n) is 6.70. The van der Waals surface area contributed by atoms with Crippen LogP contribution in [-0.4, -0.2) is 80.1 Å². The molecule has 2 saturated heterocycles. The van der Waals surface area contributed by atoms with Gasteiger partial charge in [-0.05, 0) is 19.4 Å². The zero-order valence-electron chi connectivity index (χ0n) is 10.8. The minimum Gasteiger partial charge on any atom is -0.326 e. The first-order chi connectivity index (χ1) is 8.27. The number of nitrogens with zero attached hydrogens (tertiary/aromatic N) is 3. The Morgan fingerprint density at radius 3 is 2.41 bits per heavy atom. The SMILES string of the molecule is CN1CCN(CCCCN2CCNCC2)C1=O. The molecule has 2 aliphatic rings. The minimum atomic E-state index is 0.201. The molecule has 0 spiro atoms. The van der Waals surface area contributed by atoms with Gasteiger partial charge in [-0.15, -0.1) is 0 Å². The molecule has 2 amide bonds. The summed E-state index contributed by atoms with van der Waals surface area (Å²) in [6.07, 6.45) is 2.33. The van der Waals surface area contributed by atoms with Gasteiger partial charge in [-0.3, -0.25) is 0 Å². The number of carbonyl (C=O) groups is 1. The second-order valence-electron chi connectivity index (χ2n) is 4.99. The van der Waals surface area contributed by atoms with Gasteiger partial charge in [-0.25, -0.2) is 4.79 Å². The summed E-state index contributed by atoms with van der Waals surface area (Å²) in [6.45, 7) is 8.48. The van der Waals surface area contributed by atoms with Gasteiger partial charge in [-0.1, -0.05) is 0 Å². The summed E-state index contributed by atoms with van der Waals surface area (Å²) in [4.78, 5) is 17.9. The third kappa shape index (κ3) is 3.57. The van der Waals surface area contributed by atoms with Gasteiger partial charge in [-0.2, -0.15) is 0 Å². The average molecular weight is 240 g/mol. The molecule has 0 radical (unpaired) electrons. The first-order valence-corrected chi connectivity index (χ1v) is 6.70. The van der Waals surface area contributed by atoms with Crippen molar-refractivity contribution >= 4 is 6.03 Å². The number of urea groups is 1. The number of piperazine rings is 1. The van der Waals surface area contributed by atoms with E-state index in [-0.39, 0.29) is 6.03 Å². The summed E-state index contributed by atoms with van der Waals surface area (Å²) in [5.41, 5.74) is 0. The van der Waals surface area contributed by atoms with Gasteiger partial charge < -0.3 is 20.0 Å². The van der Waals surface area contributed by atoms with E-state index in [2.05, 4.69) is 10.2 Å². The number of rotatable bonds is 5. The number of likely N-dealkylation sites (N-methyl/N-ethyl adjacent to an activating group) is 1. The van der Waals surface area contributed by atoms with Crippen molar-refractivity contribution in [1.82, 2.24) is 20.0 Å². The van der Waals surface area contributed by atoms with E-state index in [4.69, 9.17) is 0 Å². The smallest absolute Gasteiger partial charge is 0.319 e. The maximum absolute atomic E-state index is 11.6. The highest BCUT2D eigenvalue weighted by Gasteiger charge is 2.24.